The predicted octanol–water partition coefficient (Wildman–Crippen LogP) is 1.28. The molecule has 0 fully saturated rings. The quantitative estimate of drug-likeness (QED) is 0.263. The Morgan fingerprint density at radius 3 is 2.32 bits per heavy atom. The molecule has 0 radical (unpaired) electrons. The van der Waals surface area contributed by atoms with Crippen molar-refractivity contribution in [1.29, 1.82) is 5.26 Å². The lowest BCUT2D eigenvalue weighted by atomic mass is 9.87. The van der Waals surface area contributed by atoms with Gasteiger partial charge in [-0.1, -0.05) is 13.8 Å². The van der Waals surface area contributed by atoms with Gasteiger partial charge in [-0.05, 0) is 31.2 Å². The Morgan fingerprint density at radius 1 is 1.18 bits per heavy atom. The van der Waals surface area contributed by atoms with Gasteiger partial charge in [0.15, 0.2) is 0 Å². The van der Waals surface area contributed by atoms with Crippen LogP contribution in [0, 0.1) is 16.7 Å². The maximum atomic E-state index is 13.4. The van der Waals surface area contributed by atoms with E-state index in [0.717, 1.165) is 7.11 Å². The first-order valence-electron chi connectivity index (χ1n) is 10.2. The van der Waals surface area contributed by atoms with E-state index < -0.39 is 49.8 Å². The fourth-order valence-corrected chi connectivity index (χ4v) is 4.12. The Kier molecular flexibility index (Phi) is 11.2. The molecule has 0 spiro atoms. The van der Waals surface area contributed by atoms with Crippen molar-refractivity contribution in [2.24, 2.45) is 5.41 Å². The fourth-order valence-electron chi connectivity index (χ4n) is 2.46. The molecule has 0 saturated carbocycles. The summed E-state index contributed by atoms with van der Waals surface area (Å²) in [5, 5.41) is 24.2. The molecule has 0 aliphatic heterocycles. The zero-order valence-electron chi connectivity index (χ0n) is 19.7. The third-order valence-electron chi connectivity index (χ3n) is 4.57. The predicted molar refractivity (Wildman–Crippen MR) is 119 cm³/mol. The first-order valence-corrected chi connectivity index (χ1v) is 11.7. The van der Waals surface area contributed by atoms with Crippen LogP contribution in [0.3, 0.4) is 0 Å². The highest BCUT2D eigenvalue weighted by atomic mass is 31.2. The van der Waals surface area contributed by atoms with Crippen molar-refractivity contribution in [3.8, 4) is 11.8 Å². The number of ether oxygens (including phenoxy) is 2. The largest absolute Gasteiger partial charge is 0.469 e. The number of nitrogens with zero attached hydrogens (tertiary/aromatic N) is 1. The highest BCUT2D eigenvalue weighted by Crippen LogP contribution is 2.46. The molecule has 3 atom stereocenters. The molecule has 0 aliphatic carbocycles. The van der Waals surface area contributed by atoms with Crippen LogP contribution >= 0.6 is 7.75 Å². The summed E-state index contributed by atoms with van der Waals surface area (Å²) in [4.78, 5) is 35.2. The molecule has 1 amide bonds. The van der Waals surface area contributed by atoms with Gasteiger partial charge in [0.25, 0.3) is 0 Å². The third kappa shape index (κ3) is 9.11. The number of esters is 2. The summed E-state index contributed by atoms with van der Waals surface area (Å²) in [5.41, 5.74) is -0.906. The molecule has 0 saturated heterocycles. The number of nitriles is 1. The number of amides is 1. The Balaban J connectivity index is 2.94. The molecule has 0 heterocycles. The van der Waals surface area contributed by atoms with E-state index in [1.54, 1.807) is 0 Å². The molecule has 188 valence electrons. The number of aliphatic hydroxyl groups excluding tert-OH is 1. The van der Waals surface area contributed by atoms with Gasteiger partial charge < -0.3 is 24.4 Å². The lowest BCUT2D eigenvalue weighted by molar-refractivity contribution is -0.142. The van der Waals surface area contributed by atoms with Gasteiger partial charge in [-0.15, -0.1) is 0 Å². The summed E-state index contributed by atoms with van der Waals surface area (Å²) < 4.78 is 33.5. The number of benzene rings is 1. The standard InChI is InChI=1S/C21H30N3O9P/c1-14(20(28)31-5)24-34(29,33-16-8-6-15(12-22)7-9-16)32-13-21(2,3)18(26)19(27)23-11-10-17(25)30-4/h6-9,14,18,26H,10-11,13H2,1-5H3,(H,23,27)(H,24,29)/t14-,18-,34?/m0/s1. The number of methoxy groups -OCH3 is 2. The number of aliphatic hydroxyl groups is 1. The van der Waals surface area contributed by atoms with Gasteiger partial charge >= 0.3 is 19.7 Å². The molecule has 34 heavy (non-hydrogen) atoms. The van der Waals surface area contributed by atoms with E-state index in [0.29, 0.717) is 5.56 Å². The second-order valence-electron chi connectivity index (χ2n) is 7.88. The van der Waals surface area contributed by atoms with E-state index in [-0.39, 0.29) is 18.7 Å². The number of carbonyl (C=O) groups excluding carboxylic acids is 3. The number of nitrogens with one attached hydrogen (secondary N) is 2. The van der Waals surface area contributed by atoms with Gasteiger partial charge in [0.05, 0.1) is 38.9 Å². The van der Waals surface area contributed by atoms with Crippen molar-refractivity contribution < 1.29 is 42.6 Å². The molecule has 1 aromatic rings. The molecule has 1 unspecified atom stereocenters. The van der Waals surface area contributed by atoms with Gasteiger partial charge in [-0.25, -0.2) is 4.57 Å². The van der Waals surface area contributed by atoms with Crippen molar-refractivity contribution in [3.63, 3.8) is 0 Å². The van der Waals surface area contributed by atoms with Crippen LogP contribution in [-0.2, 0) is 32.9 Å². The van der Waals surface area contributed by atoms with Gasteiger partial charge in [-0.3, -0.25) is 18.9 Å². The highest BCUT2D eigenvalue weighted by molar-refractivity contribution is 7.52. The summed E-state index contributed by atoms with van der Waals surface area (Å²) in [6, 6.07) is 6.53. The van der Waals surface area contributed by atoms with Crippen molar-refractivity contribution in [2.75, 3.05) is 27.4 Å². The normalized spacial score (nSPS) is 14.6. The summed E-state index contributed by atoms with van der Waals surface area (Å²) in [5.74, 6) is -1.93. The minimum absolute atomic E-state index is 0.0437. The van der Waals surface area contributed by atoms with Crippen LogP contribution in [0.2, 0.25) is 0 Å². The molecule has 0 aromatic heterocycles. The molecule has 0 bridgehead atoms. The van der Waals surface area contributed by atoms with Crippen LogP contribution < -0.4 is 14.9 Å². The smallest absolute Gasteiger partial charge is 0.459 e. The second kappa shape index (κ2) is 13.1. The zero-order chi connectivity index (χ0) is 25.9. The molecular weight excluding hydrogens is 469 g/mol. The number of hydrogen-bond acceptors (Lipinski definition) is 10. The van der Waals surface area contributed by atoms with E-state index >= 15 is 0 Å². The maximum Gasteiger partial charge on any atom is 0.459 e. The molecule has 1 rings (SSSR count). The van der Waals surface area contributed by atoms with Crippen molar-refractivity contribution in [2.45, 2.75) is 39.3 Å². The third-order valence-corrected chi connectivity index (χ3v) is 6.19. The topological polar surface area (TPSA) is 173 Å². The lowest BCUT2D eigenvalue weighted by Gasteiger charge is -2.31. The average molecular weight is 499 g/mol. The summed E-state index contributed by atoms with van der Waals surface area (Å²) in [6.07, 6.45) is -1.67. The second-order valence-corrected chi connectivity index (χ2v) is 9.57. The number of carbonyl (C=O) groups is 3. The van der Waals surface area contributed by atoms with Crippen LogP contribution in [0.25, 0.3) is 0 Å². The SMILES string of the molecule is COC(=O)CCNC(=O)[C@H](O)C(C)(C)COP(=O)(N[C@@H](C)C(=O)OC)Oc1ccc(C#N)cc1. The van der Waals surface area contributed by atoms with Gasteiger partial charge in [0.2, 0.25) is 5.91 Å². The zero-order valence-corrected chi connectivity index (χ0v) is 20.6. The van der Waals surface area contributed by atoms with Crippen LogP contribution in [-0.4, -0.2) is 62.5 Å². The Hall–Kier alpha value is -2.97. The summed E-state index contributed by atoms with van der Waals surface area (Å²) in [6.45, 7) is 3.91. The molecule has 0 aliphatic rings. The van der Waals surface area contributed by atoms with Crippen molar-refractivity contribution in [1.82, 2.24) is 10.4 Å². The highest BCUT2D eigenvalue weighted by Gasteiger charge is 2.39. The van der Waals surface area contributed by atoms with E-state index in [1.807, 2.05) is 6.07 Å². The summed E-state index contributed by atoms with van der Waals surface area (Å²) in [7, 11) is -1.86. The van der Waals surface area contributed by atoms with Gasteiger partial charge in [-0.2, -0.15) is 10.3 Å². The van der Waals surface area contributed by atoms with Crippen LogP contribution in [0.1, 0.15) is 32.8 Å². The average Bonchev–Trinajstić information content (AvgIpc) is 2.81. The lowest BCUT2D eigenvalue weighted by Crippen LogP contribution is -2.46. The van der Waals surface area contributed by atoms with Crippen LogP contribution in [0.15, 0.2) is 24.3 Å². The minimum atomic E-state index is -4.23. The molecular formula is C21H30N3O9P. The first kappa shape index (κ1) is 29.1. The Morgan fingerprint density at radius 2 is 1.79 bits per heavy atom. The minimum Gasteiger partial charge on any atom is -0.469 e. The van der Waals surface area contributed by atoms with Gasteiger partial charge in [0, 0.05) is 12.0 Å². The monoisotopic (exact) mass is 499 g/mol. The molecule has 1 aromatic carbocycles. The maximum absolute atomic E-state index is 13.4. The molecule has 3 N–H and O–H groups in total. The van der Waals surface area contributed by atoms with Crippen molar-refractivity contribution >= 4 is 25.6 Å². The van der Waals surface area contributed by atoms with Crippen LogP contribution in [0.5, 0.6) is 5.75 Å². The van der Waals surface area contributed by atoms with Crippen molar-refractivity contribution in [3.05, 3.63) is 29.8 Å². The molecule has 13 heteroatoms. The summed E-state index contributed by atoms with van der Waals surface area (Å²) >= 11 is 0. The van der Waals surface area contributed by atoms with E-state index in [1.165, 1.54) is 52.1 Å². The number of rotatable bonds is 13. The number of hydrogen-bond donors (Lipinski definition) is 3. The fraction of sp³-hybridized carbons (Fsp3) is 0.524. The first-order chi connectivity index (χ1) is 15.9. The van der Waals surface area contributed by atoms with Crippen LogP contribution in [0.4, 0.5) is 0 Å². The van der Waals surface area contributed by atoms with Gasteiger partial charge in [0.1, 0.15) is 17.9 Å². The van der Waals surface area contributed by atoms with E-state index in [9.17, 15) is 24.1 Å². The Bertz CT molecular complexity index is 944. The van der Waals surface area contributed by atoms with E-state index in [2.05, 4.69) is 19.9 Å². The van der Waals surface area contributed by atoms with E-state index in [4.69, 9.17) is 14.3 Å². The Labute approximate surface area is 198 Å². The molecule has 12 nitrogen and oxygen atoms in total.